The van der Waals surface area contributed by atoms with Crippen LogP contribution < -0.4 is 5.32 Å². The normalized spacial score (nSPS) is 16.1. The number of nitrogens with zero attached hydrogens (tertiary/aromatic N) is 3. The first kappa shape index (κ1) is 19.0. The lowest BCUT2D eigenvalue weighted by atomic mass is 9.97. The van der Waals surface area contributed by atoms with Crippen LogP contribution in [-0.4, -0.2) is 32.5 Å². The molecule has 1 fully saturated rings. The molecular weight excluding hydrogens is 344 g/mol. The summed E-state index contributed by atoms with van der Waals surface area (Å²) in [6, 6.07) is 8.56. The van der Waals surface area contributed by atoms with Crippen LogP contribution in [0.4, 0.5) is 0 Å². The summed E-state index contributed by atoms with van der Waals surface area (Å²) in [5.74, 6) is 1.31. The molecule has 1 aliphatic carbocycles. The number of benzene rings is 1. The van der Waals surface area contributed by atoms with Crippen LogP contribution in [0.15, 0.2) is 29.4 Å². The zero-order valence-corrected chi connectivity index (χ0v) is 16.5. The number of thioether (sulfide) groups is 1. The second kappa shape index (κ2) is 9.21. The number of aryl methyl sites for hydroxylation is 1. The van der Waals surface area contributed by atoms with Gasteiger partial charge in [-0.25, -0.2) is 0 Å². The van der Waals surface area contributed by atoms with Crippen LogP contribution >= 0.6 is 11.8 Å². The Morgan fingerprint density at radius 3 is 2.65 bits per heavy atom. The maximum absolute atomic E-state index is 12.3. The van der Waals surface area contributed by atoms with E-state index in [2.05, 4.69) is 34.6 Å². The van der Waals surface area contributed by atoms with E-state index < -0.39 is 0 Å². The molecule has 1 heterocycles. The molecule has 1 aromatic carbocycles. The van der Waals surface area contributed by atoms with Gasteiger partial charge in [0.1, 0.15) is 0 Å². The van der Waals surface area contributed by atoms with E-state index in [0.29, 0.717) is 11.8 Å². The van der Waals surface area contributed by atoms with Gasteiger partial charge in [-0.3, -0.25) is 4.79 Å². The molecule has 3 rings (SSSR count). The van der Waals surface area contributed by atoms with Gasteiger partial charge < -0.3 is 9.88 Å². The van der Waals surface area contributed by atoms with E-state index in [1.54, 1.807) is 0 Å². The molecule has 0 spiro atoms. The summed E-state index contributed by atoms with van der Waals surface area (Å²) >= 11 is 1.45. The molecule has 0 atom stereocenters. The molecule has 2 aromatic rings. The third-order valence-corrected chi connectivity index (χ3v) is 5.93. The number of carbonyl (C=O) groups excluding carboxylic acids is 1. The third kappa shape index (κ3) is 5.10. The Hall–Kier alpha value is -1.82. The summed E-state index contributed by atoms with van der Waals surface area (Å²) in [5.41, 5.74) is 2.24. The Labute approximate surface area is 160 Å². The summed E-state index contributed by atoms with van der Waals surface area (Å²) in [6.45, 7) is 2.06. The number of carbonyl (C=O) groups is 1. The summed E-state index contributed by atoms with van der Waals surface area (Å²) in [4.78, 5) is 12.3. The molecule has 5 nitrogen and oxygen atoms in total. The van der Waals surface area contributed by atoms with E-state index in [9.17, 15) is 4.79 Å². The van der Waals surface area contributed by atoms with Gasteiger partial charge in [0, 0.05) is 18.7 Å². The van der Waals surface area contributed by atoms with Crippen LogP contribution in [0, 0.1) is 6.92 Å². The van der Waals surface area contributed by atoms with Crippen LogP contribution in [0.25, 0.3) is 11.4 Å². The molecule has 0 unspecified atom stereocenters. The predicted molar refractivity (Wildman–Crippen MR) is 106 cm³/mol. The standard InChI is InChI=1S/C20H28N4OS/c1-15-9-8-10-16(13-15)19-22-23-20(24(19)2)26-14-18(25)21-17-11-6-4-3-5-7-12-17/h8-10,13,17H,3-7,11-12,14H2,1-2H3,(H,21,25). The van der Waals surface area contributed by atoms with Crippen molar-refractivity contribution < 1.29 is 4.79 Å². The van der Waals surface area contributed by atoms with E-state index in [0.717, 1.165) is 29.4 Å². The smallest absolute Gasteiger partial charge is 0.230 e. The van der Waals surface area contributed by atoms with E-state index in [4.69, 9.17) is 0 Å². The fourth-order valence-corrected chi connectivity index (χ4v) is 4.20. The maximum atomic E-state index is 12.3. The zero-order chi connectivity index (χ0) is 18.4. The third-order valence-electron chi connectivity index (χ3n) is 4.91. The van der Waals surface area contributed by atoms with Crippen molar-refractivity contribution >= 4 is 17.7 Å². The van der Waals surface area contributed by atoms with Crippen LogP contribution in [0.5, 0.6) is 0 Å². The van der Waals surface area contributed by atoms with Crippen molar-refractivity contribution in [1.82, 2.24) is 20.1 Å². The van der Waals surface area contributed by atoms with Crippen LogP contribution in [0.2, 0.25) is 0 Å². The van der Waals surface area contributed by atoms with Crippen molar-refractivity contribution in [1.29, 1.82) is 0 Å². The molecule has 0 bridgehead atoms. The Morgan fingerprint density at radius 1 is 1.19 bits per heavy atom. The topological polar surface area (TPSA) is 59.8 Å². The van der Waals surface area contributed by atoms with Gasteiger partial charge in [-0.2, -0.15) is 0 Å². The number of hydrogen-bond acceptors (Lipinski definition) is 4. The van der Waals surface area contributed by atoms with Gasteiger partial charge in [0.05, 0.1) is 5.75 Å². The number of rotatable bonds is 5. The average Bonchev–Trinajstić information content (AvgIpc) is 2.96. The Kier molecular flexibility index (Phi) is 6.72. The Bertz CT molecular complexity index is 735. The predicted octanol–water partition coefficient (Wildman–Crippen LogP) is 4.11. The van der Waals surface area contributed by atoms with Crippen molar-refractivity contribution in [3.05, 3.63) is 29.8 Å². The molecule has 1 N–H and O–H groups in total. The van der Waals surface area contributed by atoms with Crippen LogP contribution in [0.1, 0.15) is 50.5 Å². The van der Waals surface area contributed by atoms with Crippen LogP contribution in [-0.2, 0) is 11.8 Å². The second-order valence-corrected chi connectivity index (χ2v) is 8.08. The molecule has 1 aromatic heterocycles. The Morgan fingerprint density at radius 2 is 1.92 bits per heavy atom. The largest absolute Gasteiger partial charge is 0.353 e. The zero-order valence-electron chi connectivity index (χ0n) is 15.7. The number of aromatic nitrogens is 3. The molecule has 6 heteroatoms. The number of nitrogens with one attached hydrogen (secondary N) is 1. The lowest BCUT2D eigenvalue weighted by molar-refractivity contribution is -0.119. The molecule has 26 heavy (non-hydrogen) atoms. The molecule has 0 radical (unpaired) electrons. The molecule has 140 valence electrons. The Balaban J connectivity index is 1.55. The van der Waals surface area contributed by atoms with Gasteiger partial charge in [0.25, 0.3) is 0 Å². The van der Waals surface area contributed by atoms with Gasteiger partial charge in [-0.1, -0.05) is 67.6 Å². The first-order valence-corrected chi connectivity index (χ1v) is 10.5. The van der Waals surface area contributed by atoms with Gasteiger partial charge in [0.2, 0.25) is 5.91 Å². The highest BCUT2D eigenvalue weighted by Crippen LogP contribution is 2.23. The highest BCUT2D eigenvalue weighted by Gasteiger charge is 2.16. The lowest BCUT2D eigenvalue weighted by Crippen LogP contribution is -2.36. The highest BCUT2D eigenvalue weighted by atomic mass is 32.2. The lowest BCUT2D eigenvalue weighted by Gasteiger charge is -2.20. The van der Waals surface area contributed by atoms with E-state index in [1.807, 2.05) is 23.7 Å². The average molecular weight is 373 g/mol. The fraction of sp³-hybridized carbons (Fsp3) is 0.550. The minimum Gasteiger partial charge on any atom is -0.353 e. The van der Waals surface area contributed by atoms with Crippen molar-refractivity contribution in [2.45, 2.75) is 63.1 Å². The van der Waals surface area contributed by atoms with Crippen molar-refractivity contribution in [2.24, 2.45) is 7.05 Å². The van der Waals surface area contributed by atoms with E-state index in [1.165, 1.54) is 49.4 Å². The minimum atomic E-state index is 0.0979. The molecule has 0 saturated heterocycles. The fourth-order valence-electron chi connectivity index (χ4n) is 3.48. The first-order valence-electron chi connectivity index (χ1n) is 9.52. The van der Waals surface area contributed by atoms with E-state index >= 15 is 0 Å². The summed E-state index contributed by atoms with van der Waals surface area (Å²) in [6.07, 6.45) is 8.59. The maximum Gasteiger partial charge on any atom is 0.230 e. The summed E-state index contributed by atoms with van der Waals surface area (Å²) in [7, 11) is 1.95. The van der Waals surface area contributed by atoms with Gasteiger partial charge >= 0.3 is 0 Å². The monoisotopic (exact) mass is 372 g/mol. The SMILES string of the molecule is Cc1cccc(-c2nnc(SCC(=O)NC3CCCCCCC3)n2C)c1. The highest BCUT2D eigenvalue weighted by molar-refractivity contribution is 7.99. The molecule has 1 saturated carbocycles. The number of hydrogen-bond donors (Lipinski definition) is 1. The molecule has 1 amide bonds. The molecule has 0 aliphatic heterocycles. The summed E-state index contributed by atoms with van der Waals surface area (Å²) in [5, 5.41) is 12.5. The van der Waals surface area contributed by atoms with E-state index in [-0.39, 0.29) is 5.91 Å². The summed E-state index contributed by atoms with van der Waals surface area (Å²) < 4.78 is 1.96. The molecule has 1 aliphatic rings. The first-order chi connectivity index (χ1) is 12.6. The van der Waals surface area contributed by atoms with Gasteiger partial charge in [-0.05, 0) is 25.8 Å². The van der Waals surface area contributed by atoms with Crippen molar-refractivity contribution in [3.8, 4) is 11.4 Å². The van der Waals surface area contributed by atoms with Crippen molar-refractivity contribution in [2.75, 3.05) is 5.75 Å². The molecular formula is C20H28N4OS. The second-order valence-electron chi connectivity index (χ2n) is 7.13. The van der Waals surface area contributed by atoms with Gasteiger partial charge in [-0.15, -0.1) is 10.2 Å². The van der Waals surface area contributed by atoms with Crippen LogP contribution in [0.3, 0.4) is 0 Å². The minimum absolute atomic E-state index is 0.0979. The quantitative estimate of drug-likeness (QED) is 0.803. The van der Waals surface area contributed by atoms with Crippen molar-refractivity contribution in [3.63, 3.8) is 0 Å². The van der Waals surface area contributed by atoms with Gasteiger partial charge in [0.15, 0.2) is 11.0 Å². The number of amides is 1.